The molecule has 0 radical (unpaired) electrons. The van der Waals surface area contributed by atoms with Gasteiger partial charge in [0.05, 0.1) is 0 Å². The fourth-order valence-corrected chi connectivity index (χ4v) is 3.10. The molecular weight excluding hydrogens is 304 g/mol. The SMILES string of the molecule is CN(C)CCn1ccnc1C1CCN(C(=O)c2cccnn2)CC1. The Bertz CT molecular complexity index is 661. The van der Waals surface area contributed by atoms with Crippen LogP contribution in [0.4, 0.5) is 0 Å². The highest BCUT2D eigenvalue weighted by molar-refractivity contribution is 5.92. The van der Waals surface area contributed by atoms with Crippen molar-refractivity contribution < 1.29 is 4.79 Å². The van der Waals surface area contributed by atoms with E-state index < -0.39 is 0 Å². The van der Waals surface area contributed by atoms with E-state index in [1.165, 1.54) is 0 Å². The van der Waals surface area contributed by atoms with E-state index in [4.69, 9.17) is 0 Å². The lowest BCUT2D eigenvalue weighted by atomic mass is 9.95. The van der Waals surface area contributed by atoms with Gasteiger partial charge in [-0.3, -0.25) is 4.79 Å². The predicted molar refractivity (Wildman–Crippen MR) is 90.7 cm³/mol. The first-order valence-corrected chi connectivity index (χ1v) is 8.38. The summed E-state index contributed by atoms with van der Waals surface area (Å²) in [5.41, 5.74) is 0.420. The molecule has 0 unspecified atom stereocenters. The van der Waals surface area contributed by atoms with Gasteiger partial charge in [0, 0.05) is 50.7 Å². The van der Waals surface area contributed by atoms with Crippen LogP contribution in [-0.2, 0) is 6.54 Å². The summed E-state index contributed by atoms with van der Waals surface area (Å²) in [6.45, 7) is 3.41. The Morgan fingerprint density at radius 1 is 1.29 bits per heavy atom. The van der Waals surface area contributed by atoms with Crippen LogP contribution in [0.25, 0.3) is 0 Å². The molecule has 24 heavy (non-hydrogen) atoms. The molecule has 1 aliphatic rings. The van der Waals surface area contributed by atoms with E-state index >= 15 is 0 Å². The minimum Gasteiger partial charge on any atom is -0.337 e. The lowest BCUT2D eigenvalue weighted by Crippen LogP contribution is -2.39. The first-order chi connectivity index (χ1) is 11.6. The Labute approximate surface area is 142 Å². The second-order valence-corrected chi connectivity index (χ2v) is 6.46. The zero-order chi connectivity index (χ0) is 16.9. The minimum absolute atomic E-state index is 0.0301. The van der Waals surface area contributed by atoms with E-state index in [-0.39, 0.29) is 5.91 Å². The van der Waals surface area contributed by atoms with Gasteiger partial charge in [-0.15, -0.1) is 5.10 Å². The van der Waals surface area contributed by atoms with Gasteiger partial charge in [0.25, 0.3) is 5.91 Å². The zero-order valence-electron chi connectivity index (χ0n) is 14.3. The van der Waals surface area contributed by atoms with E-state index in [0.717, 1.165) is 44.8 Å². The number of carbonyl (C=O) groups excluding carboxylic acids is 1. The number of nitrogens with zero attached hydrogens (tertiary/aromatic N) is 6. The Hall–Kier alpha value is -2.28. The third-order valence-electron chi connectivity index (χ3n) is 4.47. The fourth-order valence-electron chi connectivity index (χ4n) is 3.10. The quantitative estimate of drug-likeness (QED) is 0.826. The lowest BCUT2D eigenvalue weighted by molar-refractivity contribution is 0.0703. The average molecular weight is 328 g/mol. The highest BCUT2D eigenvalue weighted by Gasteiger charge is 2.27. The maximum atomic E-state index is 12.4. The molecule has 2 aromatic heterocycles. The molecule has 0 saturated carbocycles. The van der Waals surface area contributed by atoms with Crippen LogP contribution in [0, 0.1) is 0 Å². The Balaban J connectivity index is 1.59. The Morgan fingerprint density at radius 2 is 2.08 bits per heavy atom. The van der Waals surface area contributed by atoms with Crippen LogP contribution >= 0.6 is 0 Å². The van der Waals surface area contributed by atoms with E-state index in [2.05, 4.69) is 44.9 Å². The number of likely N-dealkylation sites (tertiary alicyclic amines) is 1. The van der Waals surface area contributed by atoms with Gasteiger partial charge in [-0.05, 0) is 39.1 Å². The van der Waals surface area contributed by atoms with Crippen LogP contribution in [-0.4, -0.2) is 69.2 Å². The molecular formula is C17H24N6O. The third-order valence-corrected chi connectivity index (χ3v) is 4.47. The summed E-state index contributed by atoms with van der Waals surface area (Å²) in [4.78, 5) is 21.0. The number of rotatable bonds is 5. The molecule has 7 nitrogen and oxygen atoms in total. The lowest BCUT2D eigenvalue weighted by Gasteiger charge is -2.31. The van der Waals surface area contributed by atoms with Crippen LogP contribution in [0.3, 0.4) is 0 Å². The van der Waals surface area contributed by atoms with Crippen molar-refractivity contribution in [2.75, 3.05) is 33.7 Å². The summed E-state index contributed by atoms with van der Waals surface area (Å²) in [6.07, 6.45) is 7.38. The highest BCUT2D eigenvalue weighted by Crippen LogP contribution is 2.27. The maximum Gasteiger partial charge on any atom is 0.274 e. The molecule has 3 rings (SSSR count). The van der Waals surface area contributed by atoms with Crippen molar-refractivity contribution in [3.05, 3.63) is 42.2 Å². The third kappa shape index (κ3) is 3.79. The number of hydrogen-bond acceptors (Lipinski definition) is 5. The first-order valence-electron chi connectivity index (χ1n) is 8.38. The van der Waals surface area contributed by atoms with E-state index in [1.54, 1.807) is 18.3 Å². The number of aromatic nitrogens is 4. The summed E-state index contributed by atoms with van der Waals surface area (Å²) in [5.74, 6) is 1.52. The molecule has 3 heterocycles. The molecule has 0 spiro atoms. The van der Waals surface area contributed by atoms with Crippen LogP contribution < -0.4 is 0 Å². The van der Waals surface area contributed by atoms with Crippen molar-refractivity contribution in [3.63, 3.8) is 0 Å². The molecule has 1 amide bonds. The number of piperidine rings is 1. The van der Waals surface area contributed by atoms with Crippen molar-refractivity contribution in [2.24, 2.45) is 0 Å². The molecule has 0 atom stereocenters. The summed E-state index contributed by atoms with van der Waals surface area (Å²) < 4.78 is 2.24. The molecule has 1 saturated heterocycles. The molecule has 0 bridgehead atoms. The van der Waals surface area contributed by atoms with Crippen molar-refractivity contribution in [1.82, 2.24) is 29.5 Å². The van der Waals surface area contributed by atoms with Gasteiger partial charge in [0.15, 0.2) is 5.69 Å². The van der Waals surface area contributed by atoms with Gasteiger partial charge in [0.2, 0.25) is 0 Å². The molecule has 2 aromatic rings. The maximum absolute atomic E-state index is 12.4. The van der Waals surface area contributed by atoms with Crippen molar-refractivity contribution in [3.8, 4) is 0 Å². The topological polar surface area (TPSA) is 67.2 Å². The molecule has 7 heteroatoms. The van der Waals surface area contributed by atoms with E-state index in [0.29, 0.717) is 11.6 Å². The van der Waals surface area contributed by atoms with E-state index in [1.807, 2.05) is 11.1 Å². The van der Waals surface area contributed by atoms with Gasteiger partial charge < -0.3 is 14.4 Å². The van der Waals surface area contributed by atoms with Gasteiger partial charge in [-0.1, -0.05) is 0 Å². The highest BCUT2D eigenvalue weighted by atomic mass is 16.2. The van der Waals surface area contributed by atoms with Crippen molar-refractivity contribution >= 4 is 5.91 Å². The predicted octanol–water partition coefficient (Wildman–Crippen LogP) is 1.25. The summed E-state index contributed by atoms with van der Waals surface area (Å²) in [6, 6.07) is 3.46. The van der Waals surface area contributed by atoms with Crippen LogP contribution in [0.5, 0.6) is 0 Å². The molecule has 0 aliphatic carbocycles. The summed E-state index contributed by atoms with van der Waals surface area (Å²) in [7, 11) is 4.15. The Morgan fingerprint density at radius 3 is 2.75 bits per heavy atom. The van der Waals surface area contributed by atoms with E-state index in [9.17, 15) is 4.79 Å². The van der Waals surface area contributed by atoms with Gasteiger partial charge in [-0.2, -0.15) is 5.10 Å². The van der Waals surface area contributed by atoms with Crippen LogP contribution in [0.2, 0.25) is 0 Å². The fraction of sp³-hybridized carbons (Fsp3) is 0.529. The standard InChI is InChI=1S/C17H24N6O/c1-21(2)12-13-22-11-8-18-16(22)14-5-9-23(10-6-14)17(24)15-4-3-7-19-20-15/h3-4,7-8,11,14H,5-6,9-10,12-13H2,1-2H3. The number of carbonyl (C=O) groups is 1. The van der Waals surface area contributed by atoms with Gasteiger partial charge >= 0.3 is 0 Å². The monoisotopic (exact) mass is 328 g/mol. The number of imidazole rings is 1. The molecule has 0 aromatic carbocycles. The number of amides is 1. The Kier molecular flexibility index (Phi) is 5.20. The average Bonchev–Trinajstić information content (AvgIpc) is 3.09. The van der Waals surface area contributed by atoms with Gasteiger partial charge in [0.1, 0.15) is 5.82 Å². The molecule has 128 valence electrons. The minimum atomic E-state index is -0.0301. The van der Waals surface area contributed by atoms with Gasteiger partial charge in [-0.25, -0.2) is 4.98 Å². The van der Waals surface area contributed by atoms with Crippen LogP contribution in [0.1, 0.15) is 35.1 Å². The summed E-state index contributed by atoms with van der Waals surface area (Å²) in [5, 5.41) is 7.70. The van der Waals surface area contributed by atoms with Crippen molar-refractivity contribution in [1.29, 1.82) is 0 Å². The summed E-state index contributed by atoms with van der Waals surface area (Å²) >= 11 is 0. The zero-order valence-corrected chi connectivity index (χ0v) is 14.3. The normalized spacial score (nSPS) is 15.9. The van der Waals surface area contributed by atoms with Crippen molar-refractivity contribution in [2.45, 2.75) is 25.3 Å². The first kappa shape index (κ1) is 16.6. The second kappa shape index (κ2) is 7.53. The largest absolute Gasteiger partial charge is 0.337 e. The molecule has 0 N–H and O–H groups in total. The smallest absolute Gasteiger partial charge is 0.274 e. The number of likely N-dealkylation sites (N-methyl/N-ethyl adjacent to an activating group) is 1. The van der Waals surface area contributed by atoms with Crippen LogP contribution in [0.15, 0.2) is 30.7 Å². The number of hydrogen-bond donors (Lipinski definition) is 0. The second-order valence-electron chi connectivity index (χ2n) is 6.46. The molecule has 1 aliphatic heterocycles. The molecule has 1 fully saturated rings.